The van der Waals surface area contributed by atoms with Crippen LogP contribution in [-0.2, 0) is 4.79 Å². The predicted molar refractivity (Wildman–Crippen MR) is 53.8 cm³/mol. The molecule has 3 heteroatoms. The lowest BCUT2D eigenvalue weighted by Gasteiger charge is -1.94. The van der Waals surface area contributed by atoms with Crippen LogP contribution < -0.4 is 5.46 Å². The van der Waals surface area contributed by atoms with Gasteiger partial charge in [-0.05, 0) is 18.6 Å². The van der Waals surface area contributed by atoms with Crippen molar-refractivity contribution in [1.82, 2.24) is 0 Å². The van der Waals surface area contributed by atoms with Crippen LogP contribution in [0.5, 0.6) is 0 Å². The fourth-order valence-electron chi connectivity index (χ4n) is 0.907. The first-order chi connectivity index (χ1) is 6.22. The first-order valence-corrected chi connectivity index (χ1v) is 3.98. The second kappa shape index (κ2) is 4.62. The highest BCUT2D eigenvalue weighted by Crippen LogP contribution is 1.99. The van der Waals surface area contributed by atoms with Gasteiger partial charge in [0.15, 0.2) is 5.78 Å². The van der Waals surface area contributed by atoms with Crippen LogP contribution in [0.25, 0.3) is 6.08 Å². The van der Waals surface area contributed by atoms with Crippen LogP contribution in [0.15, 0.2) is 30.3 Å². The van der Waals surface area contributed by atoms with Gasteiger partial charge in [-0.25, -0.2) is 0 Å². The first kappa shape index (κ1) is 9.74. The van der Waals surface area contributed by atoms with Crippen molar-refractivity contribution >= 4 is 24.8 Å². The number of carbonyl (C=O) groups is 1. The minimum Gasteiger partial charge on any atom is -0.450 e. The van der Waals surface area contributed by atoms with Gasteiger partial charge in [-0.2, -0.15) is 0 Å². The van der Waals surface area contributed by atoms with Crippen molar-refractivity contribution in [3.05, 3.63) is 35.9 Å². The van der Waals surface area contributed by atoms with Gasteiger partial charge in [-0.15, -0.1) is 0 Å². The van der Waals surface area contributed by atoms with E-state index in [1.165, 1.54) is 13.0 Å². The zero-order valence-corrected chi connectivity index (χ0v) is 7.40. The fraction of sp³-hybridized carbons (Fsp3) is 0.100. The topological polar surface area (TPSA) is 37.3 Å². The Bertz CT molecular complexity index is 314. The molecular weight excluding hydrogens is 163 g/mol. The molecule has 0 aliphatic carbocycles. The molecule has 0 saturated heterocycles. The van der Waals surface area contributed by atoms with Crippen LogP contribution in [0.2, 0.25) is 0 Å². The van der Waals surface area contributed by atoms with Crippen molar-refractivity contribution in [2.45, 2.75) is 6.92 Å². The minimum absolute atomic E-state index is 0.0257. The van der Waals surface area contributed by atoms with Gasteiger partial charge in [0, 0.05) is 0 Å². The third kappa shape index (κ3) is 3.26. The van der Waals surface area contributed by atoms with E-state index in [9.17, 15) is 4.79 Å². The summed E-state index contributed by atoms with van der Waals surface area (Å²) in [7, 11) is 1.04. The molecule has 0 atom stereocenters. The Hall–Kier alpha value is -1.35. The van der Waals surface area contributed by atoms with Crippen molar-refractivity contribution in [3.8, 4) is 0 Å². The Balaban J connectivity index is 2.75. The quantitative estimate of drug-likeness (QED) is 0.534. The molecule has 0 aliphatic heterocycles. The number of allylic oxidation sites excluding steroid dienone is 1. The molecule has 0 amide bonds. The van der Waals surface area contributed by atoms with Crippen molar-refractivity contribution in [1.29, 1.82) is 0 Å². The molecule has 0 heterocycles. The van der Waals surface area contributed by atoms with Crippen LogP contribution in [-0.4, -0.2) is 18.3 Å². The molecule has 1 rings (SSSR count). The highest BCUT2D eigenvalue weighted by molar-refractivity contribution is 6.45. The number of benzene rings is 1. The number of rotatable bonds is 3. The summed E-state index contributed by atoms with van der Waals surface area (Å²) in [5.41, 5.74) is 1.70. The smallest absolute Gasteiger partial charge is 0.326 e. The van der Waals surface area contributed by atoms with E-state index >= 15 is 0 Å². The summed E-state index contributed by atoms with van der Waals surface area (Å²) >= 11 is 0. The molecule has 0 aromatic heterocycles. The molecule has 0 aliphatic rings. The second-order valence-electron chi connectivity index (χ2n) is 2.74. The molecule has 65 valence electrons. The Kier molecular flexibility index (Phi) is 3.47. The van der Waals surface area contributed by atoms with Gasteiger partial charge >= 0.3 is 7.48 Å². The normalized spacial score (nSPS) is 10.3. The van der Waals surface area contributed by atoms with Crippen LogP contribution in [0.4, 0.5) is 0 Å². The third-order valence-corrected chi connectivity index (χ3v) is 1.60. The standard InChI is InChI=1S/C10H10BO2/c1-8(12)2-3-9-4-6-10(11-13)7-5-9/h2-7,13H,1H3/b3-2+. The summed E-state index contributed by atoms with van der Waals surface area (Å²) in [5, 5.41) is 8.65. The fourth-order valence-corrected chi connectivity index (χ4v) is 0.907. The zero-order valence-electron chi connectivity index (χ0n) is 7.40. The molecule has 0 unspecified atom stereocenters. The van der Waals surface area contributed by atoms with Crippen LogP contribution in [0.3, 0.4) is 0 Å². The summed E-state index contributed by atoms with van der Waals surface area (Å²) in [5.74, 6) is 0.0257. The van der Waals surface area contributed by atoms with Crippen molar-refractivity contribution in [3.63, 3.8) is 0 Å². The average molecular weight is 173 g/mol. The SMILES string of the molecule is CC(=O)/C=C/c1ccc([B]O)cc1. The minimum atomic E-state index is 0.0257. The Morgan fingerprint density at radius 2 is 2.00 bits per heavy atom. The summed E-state index contributed by atoms with van der Waals surface area (Å²) < 4.78 is 0. The van der Waals surface area contributed by atoms with E-state index < -0.39 is 0 Å². The number of ketones is 1. The van der Waals surface area contributed by atoms with Gasteiger partial charge < -0.3 is 5.02 Å². The number of carbonyl (C=O) groups excluding carboxylic acids is 1. The van der Waals surface area contributed by atoms with Crippen molar-refractivity contribution in [2.24, 2.45) is 0 Å². The molecule has 0 fully saturated rings. The largest absolute Gasteiger partial charge is 0.450 e. The molecule has 2 nitrogen and oxygen atoms in total. The maximum absolute atomic E-state index is 10.6. The van der Waals surface area contributed by atoms with Crippen LogP contribution >= 0.6 is 0 Å². The van der Waals surface area contributed by atoms with E-state index in [0.29, 0.717) is 0 Å². The lowest BCUT2D eigenvalue weighted by Crippen LogP contribution is -2.11. The molecule has 0 spiro atoms. The van der Waals surface area contributed by atoms with Crippen LogP contribution in [0, 0.1) is 0 Å². The van der Waals surface area contributed by atoms with E-state index in [1.807, 2.05) is 12.1 Å². The van der Waals surface area contributed by atoms with E-state index in [1.54, 1.807) is 18.2 Å². The Morgan fingerprint density at radius 3 is 2.46 bits per heavy atom. The third-order valence-electron chi connectivity index (χ3n) is 1.60. The first-order valence-electron chi connectivity index (χ1n) is 3.98. The number of hydrogen-bond donors (Lipinski definition) is 1. The summed E-state index contributed by atoms with van der Waals surface area (Å²) in [6, 6.07) is 7.22. The second-order valence-corrected chi connectivity index (χ2v) is 2.74. The highest BCUT2D eigenvalue weighted by atomic mass is 16.2. The molecule has 0 saturated carbocycles. The predicted octanol–water partition coefficient (Wildman–Crippen LogP) is 0.526. The van der Waals surface area contributed by atoms with Gasteiger partial charge in [-0.3, -0.25) is 4.79 Å². The molecule has 0 bridgehead atoms. The van der Waals surface area contributed by atoms with Crippen molar-refractivity contribution < 1.29 is 9.82 Å². The molecular formula is C10H10BO2. The zero-order chi connectivity index (χ0) is 9.68. The molecule has 1 N–H and O–H groups in total. The molecule has 1 aromatic rings. The highest BCUT2D eigenvalue weighted by Gasteiger charge is 1.92. The van der Waals surface area contributed by atoms with Gasteiger partial charge in [0.25, 0.3) is 0 Å². The average Bonchev–Trinajstić information content (AvgIpc) is 2.15. The van der Waals surface area contributed by atoms with Gasteiger partial charge in [0.1, 0.15) is 0 Å². The van der Waals surface area contributed by atoms with Gasteiger partial charge in [0.2, 0.25) is 0 Å². The van der Waals surface area contributed by atoms with E-state index in [4.69, 9.17) is 5.02 Å². The maximum Gasteiger partial charge on any atom is 0.326 e. The van der Waals surface area contributed by atoms with Crippen molar-refractivity contribution in [2.75, 3.05) is 0 Å². The lowest BCUT2D eigenvalue weighted by atomic mass is 9.88. The molecule has 13 heavy (non-hydrogen) atoms. The summed E-state index contributed by atoms with van der Waals surface area (Å²) in [6.07, 6.45) is 3.25. The van der Waals surface area contributed by atoms with E-state index in [2.05, 4.69) is 0 Å². The van der Waals surface area contributed by atoms with E-state index in [-0.39, 0.29) is 5.78 Å². The van der Waals surface area contributed by atoms with Gasteiger partial charge in [-0.1, -0.05) is 35.8 Å². The lowest BCUT2D eigenvalue weighted by molar-refractivity contribution is -0.112. The molecule has 1 radical (unpaired) electrons. The maximum atomic E-state index is 10.6. The summed E-state index contributed by atoms with van der Waals surface area (Å²) in [6.45, 7) is 1.51. The van der Waals surface area contributed by atoms with E-state index in [0.717, 1.165) is 18.5 Å². The Morgan fingerprint density at radius 1 is 1.38 bits per heavy atom. The summed E-state index contributed by atoms with van der Waals surface area (Å²) in [4.78, 5) is 10.6. The van der Waals surface area contributed by atoms with Gasteiger partial charge in [0.05, 0.1) is 0 Å². The molecule has 1 aromatic carbocycles. The number of hydrogen-bond acceptors (Lipinski definition) is 2. The Labute approximate surface area is 78.2 Å². The van der Waals surface area contributed by atoms with Crippen LogP contribution in [0.1, 0.15) is 12.5 Å². The monoisotopic (exact) mass is 173 g/mol.